The quantitative estimate of drug-likeness (QED) is 0.649. The number of halogens is 1. The summed E-state index contributed by atoms with van der Waals surface area (Å²) in [5.41, 5.74) is 1.18. The number of rotatable bonds is 5. The third-order valence-corrected chi connectivity index (χ3v) is 7.70. The number of nitrogens with one attached hydrogen (secondary N) is 1. The fourth-order valence-electron chi connectivity index (χ4n) is 5.37. The number of hydrogen-bond acceptors (Lipinski definition) is 6. The van der Waals surface area contributed by atoms with E-state index in [2.05, 4.69) is 22.4 Å². The topological polar surface area (TPSA) is 106 Å². The van der Waals surface area contributed by atoms with Crippen molar-refractivity contribution in [2.24, 2.45) is 11.8 Å². The lowest BCUT2D eigenvalue weighted by Gasteiger charge is -2.35. The summed E-state index contributed by atoms with van der Waals surface area (Å²) in [4.78, 5) is 41.1. The molecule has 34 heavy (non-hydrogen) atoms. The first kappa shape index (κ1) is 23.0. The third kappa shape index (κ3) is 4.34. The van der Waals surface area contributed by atoms with Crippen LogP contribution in [0.4, 0.5) is 0 Å². The van der Waals surface area contributed by atoms with E-state index < -0.39 is 23.6 Å². The maximum Gasteiger partial charge on any atom is 0.252 e. The van der Waals surface area contributed by atoms with Crippen LogP contribution in [0.15, 0.2) is 36.9 Å². The molecule has 1 aromatic carbocycles. The molecule has 0 spiro atoms. The number of aromatic nitrogens is 3. The Bertz CT molecular complexity index is 1070. The SMILES string of the molecule is C[C@H]1CC[C@H]([C@H](NC(=O)c2cccc(-n3cnnc3)c2)C(=O)N2C[C@H](Cl)[C@H]3OCC(=O)[C@H]32)CC1. The van der Waals surface area contributed by atoms with Crippen LogP contribution >= 0.6 is 11.6 Å². The normalized spacial score (nSPS) is 29.6. The van der Waals surface area contributed by atoms with E-state index in [1.807, 2.05) is 6.07 Å². The van der Waals surface area contributed by atoms with Crippen LogP contribution in [0.1, 0.15) is 43.0 Å². The molecule has 1 aliphatic carbocycles. The van der Waals surface area contributed by atoms with Crippen LogP contribution in [0.5, 0.6) is 0 Å². The van der Waals surface area contributed by atoms with Gasteiger partial charge in [0.1, 0.15) is 37.4 Å². The van der Waals surface area contributed by atoms with E-state index in [4.69, 9.17) is 16.3 Å². The van der Waals surface area contributed by atoms with Gasteiger partial charge in [0.15, 0.2) is 5.78 Å². The molecule has 2 aliphatic heterocycles. The number of benzene rings is 1. The van der Waals surface area contributed by atoms with Gasteiger partial charge in [-0.1, -0.05) is 25.8 Å². The Labute approximate surface area is 202 Å². The van der Waals surface area contributed by atoms with Gasteiger partial charge in [0.2, 0.25) is 5.91 Å². The Hall–Kier alpha value is -2.78. The molecule has 5 rings (SSSR count). The second-order valence-electron chi connectivity index (χ2n) is 9.58. The van der Waals surface area contributed by atoms with Crippen LogP contribution in [0.2, 0.25) is 0 Å². The summed E-state index contributed by atoms with van der Waals surface area (Å²) >= 11 is 6.42. The molecule has 2 amide bonds. The lowest BCUT2D eigenvalue weighted by Crippen LogP contribution is -2.55. The van der Waals surface area contributed by atoms with Gasteiger partial charge in [-0.25, -0.2) is 0 Å². The molecule has 3 fully saturated rings. The molecule has 4 atom stereocenters. The van der Waals surface area contributed by atoms with Gasteiger partial charge in [-0.05, 0) is 42.9 Å². The lowest BCUT2D eigenvalue weighted by atomic mass is 9.78. The molecule has 1 saturated carbocycles. The van der Waals surface area contributed by atoms with Gasteiger partial charge in [-0.3, -0.25) is 19.0 Å². The number of likely N-dealkylation sites (tertiary alicyclic amines) is 1. The maximum atomic E-state index is 13.8. The van der Waals surface area contributed by atoms with Crippen molar-refractivity contribution in [3.63, 3.8) is 0 Å². The molecule has 0 radical (unpaired) electrons. The minimum atomic E-state index is -0.727. The Morgan fingerprint density at radius 3 is 2.65 bits per heavy atom. The van der Waals surface area contributed by atoms with Crippen LogP contribution in [0, 0.1) is 11.8 Å². The average Bonchev–Trinajstić information content (AvgIpc) is 3.58. The molecule has 2 saturated heterocycles. The van der Waals surface area contributed by atoms with Crippen LogP contribution in [0.25, 0.3) is 5.69 Å². The van der Waals surface area contributed by atoms with Crippen molar-refractivity contribution in [3.8, 4) is 5.69 Å². The van der Waals surface area contributed by atoms with Crippen LogP contribution in [0.3, 0.4) is 0 Å². The van der Waals surface area contributed by atoms with Crippen molar-refractivity contribution in [2.45, 2.75) is 56.2 Å². The summed E-state index contributed by atoms with van der Waals surface area (Å²) in [5.74, 6) is -0.125. The van der Waals surface area contributed by atoms with Gasteiger partial charge >= 0.3 is 0 Å². The zero-order valence-electron chi connectivity index (χ0n) is 19.0. The summed E-state index contributed by atoms with van der Waals surface area (Å²) in [6, 6.07) is 5.67. The zero-order valence-corrected chi connectivity index (χ0v) is 19.7. The van der Waals surface area contributed by atoms with E-state index in [-0.39, 0.29) is 36.7 Å². The van der Waals surface area contributed by atoms with Gasteiger partial charge in [-0.15, -0.1) is 21.8 Å². The van der Waals surface area contributed by atoms with E-state index in [0.717, 1.165) is 31.4 Å². The standard InChI is InChI=1S/C24H28ClN5O4/c1-14-5-7-15(8-6-14)20(24(33)30-10-18(25)22-21(30)19(31)11-34-22)28-23(32)16-3-2-4-17(9-16)29-12-26-27-13-29/h2-4,9,12-15,18,20-22H,5-8,10-11H2,1H3,(H,28,32)/t14-,15-,18-,20-,21+,22+/m0/s1. The van der Waals surface area contributed by atoms with Crippen molar-refractivity contribution in [1.82, 2.24) is 25.0 Å². The van der Waals surface area contributed by atoms with E-state index in [9.17, 15) is 14.4 Å². The van der Waals surface area contributed by atoms with Crippen LogP contribution in [-0.2, 0) is 14.3 Å². The smallest absolute Gasteiger partial charge is 0.252 e. The average molecular weight is 486 g/mol. The number of ether oxygens (including phenoxy) is 1. The van der Waals surface area contributed by atoms with Gasteiger partial charge < -0.3 is 15.0 Å². The highest BCUT2D eigenvalue weighted by Gasteiger charge is 2.53. The van der Waals surface area contributed by atoms with Gasteiger partial charge in [0, 0.05) is 17.8 Å². The lowest BCUT2D eigenvalue weighted by molar-refractivity contribution is -0.139. The number of alkyl halides is 1. The molecule has 1 N–H and O–H groups in total. The minimum absolute atomic E-state index is 0.000990. The summed E-state index contributed by atoms with van der Waals surface area (Å²) in [5, 5.41) is 10.2. The predicted molar refractivity (Wildman–Crippen MR) is 124 cm³/mol. The number of ketones is 1. The Kier molecular flexibility index (Phi) is 6.40. The first-order chi connectivity index (χ1) is 16.4. The second kappa shape index (κ2) is 9.46. The van der Waals surface area contributed by atoms with Crippen molar-refractivity contribution < 1.29 is 19.1 Å². The first-order valence-corrected chi connectivity index (χ1v) is 12.2. The Balaban J connectivity index is 1.39. The zero-order chi connectivity index (χ0) is 23.8. The number of carbonyl (C=O) groups excluding carboxylic acids is 3. The molecule has 1 aromatic heterocycles. The van der Waals surface area contributed by atoms with E-state index >= 15 is 0 Å². The third-order valence-electron chi connectivity index (χ3n) is 7.32. The monoisotopic (exact) mass is 485 g/mol. The number of fused-ring (bicyclic) bond motifs is 1. The summed E-state index contributed by atoms with van der Waals surface area (Å²) < 4.78 is 7.25. The van der Waals surface area contributed by atoms with Gasteiger partial charge in [0.05, 0.1) is 5.38 Å². The predicted octanol–water partition coefficient (Wildman–Crippen LogP) is 1.98. The number of nitrogens with zero attached hydrogens (tertiary/aromatic N) is 4. The Morgan fingerprint density at radius 2 is 1.91 bits per heavy atom. The van der Waals surface area contributed by atoms with E-state index in [1.54, 1.807) is 35.4 Å². The molecule has 0 unspecified atom stereocenters. The minimum Gasteiger partial charge on any atom is -0.366 e. The maximum absolute atomic E-state index is 13.8. The molecule has 0 bridgehead atoms. The van der Waals surface area contributed by atoms with E-state index in [1.165, 1.54) is 4.90 Å². The number of carbonyl (C=O) groups is 3. The van der Waals surface area contributed by atoms with Crippen LogP contribution in [-0.4, -0.2) is 74.0 Å². The highest BCUT2D eigenvalue weighted by atomic mass is 35.5. The molecular weight excluding hydrogens is 458 g/mol. The first-order valence-electron chi connectivity index (χ1n) is 11.8. The van der Waals surface area contributed by atoms with Crippen molar-refractivity contribution in [2.75, 3.05) is 13.2 Å². The highest BCUT2D eigenvalue weighted by Crippen LogP contribution is 2.35. The molecule has 3 heterocycles. The highest BCUT2D eigenvalue weighted by molar-refractivity contribution is 6.22. The number of amides is 2. The molecule has 2 aromatic rings. The molecular formula is C24H28ClN5O4. The summed E-state index contributed by atoms with van der Waals surface area (Å²) in [7, 11) is 0. The largest absolute Gasteiger partial charge is 0.366 e. The second-order valence-corrected chi connectivity index (χ2v) is 10.1. The van der Waals surface area contributed by atoms with Crippen molar-refractivity contribution in [3.05, 3.63) is 42.5 Å². The fourth-order valence-corrected chi connectivity index (χ4v) is 5.73. The number of Topliss-reactive ketones (excluding diaryl/α,β-unsaturated/α-hetero) is 1. The summed E-state index contributed by atoms with van der Waals surface area (Å²) in [6.45, 7) is 2.41. The fraction of sp³-hybridized carbons (Fsp3) is 0.542. The molecule has 10 heteroatoms. The van der Waals surface area contributed by atoms with Gasteiger partial charge in [0.25, 0.3) is 5.91 Å². The van der Waals surface area contributed by atoms with Crippen LogP contribution < -0.4 is 5.32 Å². The molecule has 9 nitrogen and oxygen atoms in total. The Morgan fingerprint density at radius 1 is 1.18 bits per heavy atom. The number of hydrogen-bond donors (Lipinski definition) is 1. The van der Waals surface area contributed by atoms with E-state index in [0.29, 0.717) is 11.5 Å². The van der Waals surface area contributed by atoms with Crippen molar-refractivity contribution in [1.29, 1.82) is 0 Å². The molecule has 180 valence electrons. The summed E-state index contributed by atoms with van der Waals surface area (Å²) in [6.07, 6.45) is 6.31. The van der Waals surface area contributed by atoms with Gasteiger partial charge in [-0.2, -0.15) is 0 Å². The van der Waals surface area contributed by atoms with Crippen molar-refractivity contribution >= 4 is 29.2 Å². The molecule has 3 aliphatic rings.